The lowest BCUT2D eigenvalue weighted by Gasteiger charge is -2.19. The SMILES string of the molecule is c1ccc2c(-c3c4ccccc4c(-c4ccc5c(c4)sc4ccc6c7ccccc7c7ccccc7c6c45)c4ccccc34)cccc2c1. The first-order valence-electron chi connectivity index (χ1n) is 16.9. The maximum Gasteiger partial charge on any atom is 0.0362 e. The summed E-state index contributed by atoms with van der Waals surface area (Å²) in [5.41, 5.74) is 5.15. The minimum atomic E-state index is 1.26. The average Bonchev–Trinajstić information content (AvgIpc) is 3.55. The Bertz CT molecular complexity index is 3060. The normalized spacial score (nSPS) is 12.1. The minimum absolute atomic E-state index is 1.26. The van der Waals surface area contributed by atoms with Gasteiger partial charge < -0.3 is 0 Å². The van der Waals surface area contributed by atoms with E-state index in [1.54, 1.807) is 0 Å². The van der Waals surface area contributed by atoms with E-state index >= 15 is 0 Å². The third-order valence-electron chi connectivity index (χ3n) is 10.6. The lowest BCUT2D eigenvalue weighted by Crippen LogP contribution is -1.91. The molecule has 0 radical (unpaired) electrons. The predicted molar refractivity (Wildman–Crippen MR) is 215 cm³/mol. The van der Waals surface area contributed by atoms with Crippen molar-refractivity contribution in [3.05, 3.63) is 170 Å². The molecule has 0 saturated heterocycles. The van der Waals surface area contributed by atoms with E-state index in [9.17, 15) is 0 Å². The molecule has 0 aliphatic carbocycles. The Labute approximate surface area is 287 Å². The first kappa shape index (κ1) is 27.0. The third kappa shape index (κ3) is 3.79. The van der Waals surface area contributed by atoms with Crippen molar-refractivity contribution in [3.63, 3.8) is 0 Å². The highest BCUT2D eigenvalue weighted by molar-refractivity contribution is 7.26. The topological polar surface area (TPSA) is 0 Å². The van der Waals surface area contributed by atoms with Crippen molar-refractivity contribution in [1.82, 2.24) is 0 Å². The van der Waals surface area contributed by atoms with Crippen molar-refractivity contribution < 1.29 is 0 Å². The molecule has 0 spiro atoms. The third-order valence-corrected chi connectivity index (χ3v) is 11.7. The van der Waals surface area contributed by atoms with E-state index in [0.29, 0.717) is 0 Å². The molecule has 1 aromatic heterocycles. The van der Waals surface area contributed by atoms with Gasteiger partial charge in [-0.25, -0.2) is 0 Å². The van der Waals surface area contributed by atoms with Gasteiger partial charge in [0.05, 0.1) is 0 Å². The standard InChI is InChI=1S/C48H28S/c1-2-14-31-29(12-1)13-11-23-35(31)46-39-21-9-7-19-37(39)45(38-20-8-10-22-40(38)46)30-24-25-42-44(28-30)49-43-27-26-41-34-17-4-3-15-32(34)33-16-5-6-18-36(33)47(41)48(42)43/h1-28H. The van der Waals surface area contributed by atoms with Crippen LogP contribution in [0.4, 0.5) is 0 Å². The van der Waals surface area contributed by atoms with Crippen LogP contribution >= 0.6 is 11.3 Å². The minimum Gasteiger partial charge on any atom is -0.135 e. The summed E-state index contributed by atoms with van der Waals surface area (Å²) < 4.78 is 2.66. The van der Waals surface area contributed by atoms with E-state index < -0.39 is 0 Å². The Balaban J connectivity index is 1.23. The lowest BCUT2D eigenvalue weighted by molar-refractivity contribution is 1.69. The first-order valence-corrected chi connectivity index (χ1v) is 17.8. The maximum absolute atomic E-state index is 2.45. The number of hydrogen-bond donors (Lipinski definition) is 0. The van der Waals surface area contributed by atoms with Crippen LogP contribution in [-0.4, -0.2) is 0 Å². The van der Waals surface area contributed by atoms with Crippen LogP contribution in [0.25, 0.3) is 107 Å². The lowest BCUT2D eigenvalue weighted by atomic mass is 9.84. The van der Waals surface area contributed by atoms with Gasteiger partial charge in [0, 0.05) is 20.2 Å². The van der Waals surface area contributed by atoms with Crippen LogP contribution < -0.4 is 0 Å². The average molecular weight is 637 g/mol. The van der Waals surface area contributed by atoms with Crippen molar-refractivity contribution in [3.8, 4) is 22.3 Å². The molecule has 0 aliphatic rings. The van der Waals surface area contributed by atoms with Crippen LogP contribution in [0.3, 0.4) is 0 Å². The van der Waals surface area contributed by atoms with E-state index in [4.69, 9.17) is 0 Å². The number of hydrogen-bond acceptors (Lipinski definition) is 1. The fourth-order valence-corrected chi connectivity index (χ4v) is 9.74. The fraction of sp³-hybridized carbons (Fsp3) is 0. The Morgan fingerprint density at radius 1 is 0.286 bits per heavy atom. The van der Waals surface area contributed by atoms with Crippen LogP contribution in [0, 0.1) is 0 Å². The Hall–Kier alpha value is -6.02. The molecule has 0 N–H and O–H groups in total. The summed E-state index contributed by atoms with van der Waals surface area (Å²) in [6.45, 7) is 0. The fourth-order valence-electron chi connectivity index (χ4n) is 8.59. The van der Waals surface area contributed by atoms with Crippen LogP contribution in [0.15, 0.2) is 170 Å². The molecule has 1 heteroatoms. The number of rotatable bonds is 2. The van der Waals surface area contributed by atoms with E-state index in [0.717, 1.165) is 0 Å². The predicted octanol–water partition coefficient (Wildman–Crippen LogP) is 14.3. The van der Waals surface area contributed by atoms with E-state index in [2.05, 4.69) is 170 Å². The Morgan fingerprint density at radius 3 is 1.45 bits per heavy atom. The molecule has 0 amide bonds. The Morgan fingerprint density at radius 2 is 0.776 bits per heavy atom. The summed E-state index contributed by atoms with van der Waals surface area (Å²) in [5.74, 6) is 0. The van der Waals surface area contributed by atoms with Crippen LogP contribution in [0.5, 0.6) is 0 Å². The van der Waals surface area contributed by atoms with Gasteiger partial charge in [0.15, 0.2) is 0 Å². The highest BCUT2D eigenvalue weighted by Crippen LogP contribution is 2.48. The zero-order valence-corrected chi connectivity index (χ0v) is 27.4. The van der Waals surface area contributed by atoms with Crippen LogP contribution in [-0.2, 0) is 0 Å². The molecule has 0 nitrogen and oxygen atoms in total. The second-order valence-corrected chi connectivity index (χ2v) is 14.2. The van der Waals surface area contributed by atoms with Crippen molar-refractivity contribution >= 4 is 96.1 Å². The monoisotopic (exact) mass is 636 g/mol. The summed E-state index contributed by atoms with van der Waals surface area (Å²) in [6.07, 6.45) is 0. The van der Waals surface area contributed by atoms with Gasteiger partial charge in [-0.05, 0) is 99.0 Å². The Kier molecular flexibility index (Phi) is 5.64. The van der Waals surface area contributed by atoms with Gasteiger partial charge in [-0.2, -0.15) is 0 Å². The molecule has 0 unspecified atom stereocenters. The molecule has 0 atom stereocenters. The van der Waals surface area contributed by atoms with Crippen molar-refractivity contribution in [2.24, 2.45) is 0 Å². The summed E-state index contributed by atoms with van der Waals surface area (Å²) >= 11 is 1.91. The number of thiophene rings is 1. The molecule has 11 aromatic rings. The molecule has 11 rings (SSSR count). The van der Waals surface area contributed by atoms with E-state index in [-0.39, 0.29) is 0 Å². The molecule has 0 bridgehead atoms. The number of benzene rings is 10. The molecule has 0 saturated carbocycles. The second-order valence-electron chi connectivity index (χ2n) is 13.1. The van der Waals surface area contributed by atoms with E-state index in [1.807, 2.05) is 11.3 Å². The van der Waals surface area contributed by atoms with E-state index in [1.165, 1.54) is 107 Å². The second kappa shape index (κ2) is 10.2. The van der Waals surface area contributed by atoms with Gasteiger partial charge in [-0.3, -0.25) is 0 Å². The molecule has 49 heavy (non-hydrogen) atoms. The molecular formula is C48H28S. The van der Waals surface area contributed by atoms with Crippen LogP contribution in [0.2, 0.25) is 0 Å². The first-order chi connectivity index (χ1) is 24.3. The molecule has 1 heterocycles. The quantitative estimate of drug-likeness (QED) is 0.131. The van der Waals surface area contributed by atoms with Gasteiger partial charge in [-0.1, -0.05) is 158 Å². The van der Waals surface area contributed by atoms with Gasteiger partial charge in [0.2, 0.25) is 0 Å². The summed E-state index contributed by atoms with van der Waals surface area (Å²) in [4.78, 5) is 0. The van der Waals surface area contributed by atoms with Gasteiger partial charge >= 0.3 is 0 Å². The summed E-state index contributed by atoms with van der Waals surface area (Å²) in [5, 5.41) is 18.4. The summed E-state index contributed by atoms with van der Waals surface area (Å²) in [7, 11) is 0. The molecular weight excluding hydrogens is 609 g/mol. The molecule has 0 fully saturated rings. The molecule has 10 aromatic carbocycles. The van der Waals surface area contributed by atoms with Crippen molar-refractivity contribution in [2.75, 3.05) is 0 Å². The van der Waals surface area contributed by atoms with Crippen molar-refractivity contribution in [2.45, 2.75) is 0 Å². The largest absolute Gasteiger partial charge is 0.135 e. The zero-order valence-electron chi connectivity index (χ0n) is 26.6. The van der Waals surface area contributed by atoms with Crippen LogP contribution in [0.1, 0.15) is 0 Å². The summed E-state index contributed by atoms with van der Waals surface area (Å²) in [6, 6.07) is 63.1. The van der Waals surface area contributed by atoms with Gasteiger partial charge in [-0.15, -0.1) is 11.3 Å². The smallest absolute Gasteiger partial charge is 0.0362 e. The number of fused-ring (bicyclic) bond motifs is 13. The highest BCUT2D eigenvalue weighted by atomic mass is 32.1. The van der Waals surface area contributed by atoms with Crippen molar-refractivity contribution in [1.29, 1.82) is 0 Å². The molecule has 226 valence electrons. The van der Waals surface area contributed by atoms with Gasteiger partial charge in [0.25, 0.3) is 0 Å². The van der Waals surface area contributed by atoms with Gasteiger partial charge in [0.1, 0.15) is 0 Å². The highest BCUT2D eigenvalue weighted by Gasteiger charge is 2.20. The zero-order chi connectivity index (χ0) is 32.1. The molecule has 0 aliphatic heterocycles. The maximum atomic E-state index is 2.45.